The molecule has 0 aromatic rings. The minimum Gasteiger partial charge on any atom is -0.380 e. The van der Waals surface area contributed by atoms with E-state index in [2.05, 4.69) is 51.8 Å². The van der Waals surface area contributed by atoms with Crippen LogP contribution in [0.1, 0.15) is 41.0 Å². The SMILES string of the molecule is C=C(CC(C)C)NCC(=O)NCC(C)(C)C. The van der Waals surface area contributed by atoms with E-state index < -0.39 is 0 Å². The number of hydrogen-bond donors (Lipinski definition) is 2. The second-order valence-electron chi connectivity index (χ2n) is 5.89. The molecule has 0 aliphatic carbocycles. The van der Waals surface area contributed by atoms with Crippen LogP contribution in [0.4, 0.5) is 0 Å². The summed E-state index contributed by atoms with van der Waals surface area (Å²) in [4.78, 5) is 11.5. The molecular weight excluding hydrogens is 200 g/mol. The zero-order valence-corrected chi connectivity index (χ0v) is 11.3. The first-order valence-corrected chi connectivity index (χ1v) is 5.89. The fourth-order valence-corrected chi connectivity index (χ4v) is 1.20. The maximum atomic E-state index is 11.5. The van der Waals surface area contributed by atoms with Crippen molar-refractivity contribution in [1.82, 2.24) is 10.6 Å². The molecule has 0 atom stereocenters. The van der Waals surface area contributed by atoms with Crippen molar-refractivity contribution < 1.29 is 4.79 Å². The van der Waals surface area contributed by atoms with Gasteiger partial charge in [0.1, 0.15) is 0 Å². The number of carbonyl (C=O) groups is 1. The first-order valence-electron chi connectivity index (χ1n) is 5.89. The van der Waals surface area contributed by atoms with Gasteiger partial charge in [-0.3, -0.25) is 4.79 Å². The Labute approximate surface area is 99.7 Å². The Hall–Kier alpha value is -0.990. The molecule has 0 rings (SSSR count). The van der Waals surface area contributed by atoms with E-state index in [9.17, 15) is 4.79 Å². The molecule has 3 heteroatoms. The third kappa shape index (κ3) is 9.56. The van der Waals surface area contributed by atoms with Gasteiger partial charge in [0.2, 0.25) is 5.91 Å². The van der Waals surface area contributed by atoms with Crippen LogP contribution in [0.3, 0.4) is 0 Å². The molecule has 16 heavy (non-hydrogen) atoms. The highest BCUT2D eigenvalue weighted by molar-refractivity contribution is 5.78. The van der Waals surface area contributed by atoms with Crippen molar-refractivity contribution in [2.24, 2.45) is 11.3 Å². The van der Waals surface area contributed by atoms with Gasteiger partial charge in [-0.15, -0.1) is 0 Å². The summed E-state index contributed by atoms with van der Waals surface area (Å²) >= 11 is 0. The van der Waals surface area contributed by atoms with Gasteiger partial charge < -0.3 is 10.6 Å². The van der Waals surface area contributed by atoms with E-state index in [1.54, 1.807) is 0 Å². The average Bonchev–Trinajstić information content (AvgIpc) is 2.09. The number of allylic oxidation sites excluding steroid dienone is 1. The zero-order valence-electron chi connectivity index (χ0n) is 11.3. The van der Waals surface area contributed by atoms with Gasteiger partial charge in [-0.1, -0.05) is 41.2 Å². The van der Waals surface area contributed by atoms with Crippen LogP contribution in [-0.2, 0) is 4.79 Å². The molecule has 0 aromatic heterocycles. The quantitative estimate of drug-likeness (QED) is 0.729. The average molecular weight is 226 g/mol. The lowest BCUT2D eigenvalue weighted by atomic mass is 9.97. The topological polar surface area (TPSA) is 41.1 Å². The predicted molar refractivity (Wildman–Crippen MR) is 69.1 cm³/mol. The fraction of sp³-hybridized carbons (Fsp3) is 0.769. The maximum absolute atomic E-state index is 11.5. The lowest BCUT2D eigenvalue weighted by Gasteiger charge is -2.19. The van der Waals surface area contributed by atoms with E-state index in [1.807, 2.05) is 0 Å². The smallest absolute Gasteiger partial charge is 0.239 e. The van der Waals surface area contributed by atoms with Crippen LogP contribution in [0.15, 0.2) is 12.3 Å². The molecule has 0 bridgehead atoms. The number of amides is 1. The second kappa shape index (κ2) is 6.56. The Bertz CT molecular complexity index is 239. The van der Waals surface area contributed by atoms with Crippen LogP contribution in [0.5, 0.6) is 0 Å². The van der Waals surface area contributed by atoms with E-state index in [1.165, 1.54) is 0 Å². The van der Waals surface area contributed by atoms with Crippen LogP contribution in [0.2, 0.25) is 0 Å². The molecule has 2 N–H and O–H groups in total. The molecule has 94 valence electrons. The standard InChI is InChI=1S/C13H26N2O/c1-10(2)7-11(3)14-8-12(16)15-9-13(4,5)6/h10,14H,3,7-9H2,1-2,4-6H3,(H,15,16). The summed E-state index contributed by atoms with van der Waals surface area (Å²) in [5, 5.41) is 5.93. The molecule has 0 fully saturated rings. The highest BCUT2D eigenvalue weighted by Gasteiger charge is 2.11. The summed E-state index contributed by atoms with van der Waals surface area (Å²) in [7, 11) is 0. The molecule has 1 amide bonds. The van der Waals surface area contributed by atoms with Gasteiger partial charge in [0.15, 0.2) is 0 Å². The highest BCUT2D eigenvalue weighted by atomic mass is 16.1. The summed E-state index contributed by atoms with van der Waals surface area (Å²) in [5.41, 5.74) is 1.06. The highest BCUT2D eigenvalue weighted by Crippen LogP contribution is 2.10. The van der Waals surface area contributed by atoms with Gasteiger partial charge in [-0.2, -0.15) is 0 Å². The Morgan fingerprint density at radius 3 is 2.25 bits per heavy atom. The van der Waals surface area contributed by atoms with Crippen molar-refractivity contribution in [3.05, 3.63) is 12.3 Å². The zero-order chi connectivity index (χ0) is 12.8. The Kier molecular flexibility index (Phi) is 6.16. The lowest BCUT2D eigenvalue weighted by Crippen LogP contribution is -2.38. The normalized spacial score (nSPS) is 11.4. The summed E-state index contributed by atoms with van der Waals surface area (Å²) in [6, 6.07) is 0. The fourth-order valence-electron chi connectivity index (χ4n) is 1.20. The van der Waals surface area contributed by atoms with Crippen molar-refractivity contribution in [2.45, 2.75) is 41.0 Å². The second-order valence-corrected chi connectivity index (χ2v) is 5.89. The van der Waals surface area contributed by atoms with E-state index in [0.717, 1.165) is 12.1 Å². The van der Waals surface area contributed by atoms with Crippen molar-refractivity contribution >= 4 is 5.91 Å². The molecule has 0 aliphatic heterocycles. The van der Waals surface area contributed by atoms with Crippen LogP contribution in [-0.4, -0.2) is 19.0 Å². The summed E-state index contributed by atoms with van der Waals surface area (Å²) in [5.74, 6) is 0.595. The molecule has 0 radical (unpaired) electrons. The van der Waals surface area contributed by atoms with Gasteiger partial charge in [-0.25, -0.2) is 0 Å². The molecule has 0 aliphatic rings. The van der Waals surface area contributed by atoms with E-state index in [0.29, 0.717) is 19.0 Å². The Morgan fingerprint density at radius 1 is 1.25 bits per heavy atom. The number of hydrogen-bond acceptors (Lipinski definition) is 2. The van der Waals surface area contributed by atoms with Gasteiger partial charge in [0.25, 0.3) is 0 Å². The Morgan fingerprint density at radius 2 is 1.81 bits per heavy atom. The minimum absolute atomic E-state index is 0.0276. The molecule has 0 heterocycles. The van der Waals surface area contributed by atoms with Gasteiger partial charge >= 0.3 is 0 Å². The van der Waals surface area contributed by atoms with Crippen LogP contribution in [0.25, 0.3) is 0 Å². The van der Waals surface area contributed by atoms with Gasteiger partial charge in [-0.05, 0) is 17.8 Å². The number of carbonyl (C=O) groups excluding carboxylic acids is 1. The number of nitrogens with one attached hydrogen (secondary N) is 2. The largest absolute Gasteiger partial charge is 0.380 e. The molecule has 0 saturated carbocycles. The van der Waals surface area contributed by atoms with Crippen LogP contribution < -0.4 is 10.6 Å². The van der Waals surface area contributed by atoms with E-state index in [4.69, 9.17) is 0 Å². The van der Waals surface area contributed by atoms with Crippen LogP contribution in [0, 0.1) is 11.3 Å². The Balaban J connectivity index is 3.70. The molecule has 0 spiro atoms. The van der Waals surface area contributed by atoms with Gasteiger partial charge in [0.05, 0.1) is 6.54 Å². The van der Waals surface area contributed by atoms with Crippen molar-refractivity contribution in [3.63, 3.8) is 0 Å². The molecule has 3 nitrogen and oxygen atoms in total. The van der Waals surface area contributed by atoms with Crippen molar-refractivity contribution in [3.8, 4) is 0 Å². The molecule has 0 aromatic carbocycles. The van der Waals surface area contributed by atoms with E-state index >= 15 is 0 Å². The van der Waals surface area contributed by atoms with Crippen molar-refractivity contribution in [2.75, 3.05) is 13.1 Å². The van der Waals surface area contributed by atoms with E-state index in [-0.39, 0.29) is 11.3 Å². The summed E-state index contributed by atoms with van der Waals surface area (Å²) in [6.45, 7) is 15.5. The maximum Gasteiger partial charge on any atom is 0.239 e. The summed E-state index contributed by atoms with van der Waals surface area (Å²) < 4.78 is 0. The van der Waals surface area contributed by atoms with Crippen molar-refractivity contribution in [1.29, 1.82) is 0 Å². The van der Waals surface area contributed by atoms with Gasteiger partial charge in [0, 0.05) is 12.2 Å². The van der Waals surface area contributed by atoms with Crippen LogP contribution >= 0.6 is 0 Å². The third-order valence-corrected chi connectivity index (χ3v) is 1.97. The monoisotopic (exact) mass is 226 g/mol. The summed E-state index contributed by atoms with van der Waals surface area (Å²) in [6.07, 6.45) is 0.909. The molecule has 0 unspecified atom stereocenters. The molecule has 0 saturated heterocycles. The third-order valence-electron chi connectivity index (χ3n) is 1.97. The molecular formula is C13H26N2O. The predicted octanol–water partition coefficient (Wildman–Crippen LogP) is 2.30. The first kappa shape index (κ1) is 15.0. The first-order chi connectivity index (χ1) is 7.20. The number of rotatable bonds is 6. The minimum atomic E-state index is 0.0276. The lowest BCUT2D eigenvalue weighted by molar-refractivity contribution is -0.120.